The van der Waals surface area contributed by atoms with E-state index in [1.54, 1.807) is 20.2 Å². The van der Waals surface area contributed by atoms with Crippen molar-refractivity contribution >= 4 is 17.5 Å². The van der Waals surface area contributed by atoms with E-state index in [-0.39, 0.29) is 29.7 Å². The van der Waals surface area contributed by atoms with Crippen molar-refractivity contribution in [1.82, 2.24) is 9.88 Å². The maximum absolute atomic E-state index is 13.8. The monoisotopic (exact) mass is 519 g/mol. The molecule has 0 spiro atoms. The van der Waals surface area contributed by atoms with E-state index in [9.17, 15) is 34.8 Å². The van der Waals surface area contributed by atoms with E-state index in [1.165, 1.54) is 11.0 Å². The molecule has 198 valence electrons. The first kappa shape index (κ1) is 25.6. The molecule has 0 radical (unpaired) electrons. The van der Waals surface area contributed by atoms with Crippen LogP contribution in [0.5, 0.6) is 5.75 Å². The SMILES string of the molecule is Cc1cc(-c2ccc(O)c3c2C[C@H]2C[C@@H]4[C@H](N(C)C)C(O)=C(C(N)=O)C(=O)[C@@]4(O)C(O)=C2C3=O)cc(C)n1. The fourth-order valence-corrected chi connectivity index (χ4v) is 6.51. The second-order valence-electron chi connectivity index (χ2n) is 10.6. The smallest absolute Gasteiger partial charge is 0.255 e. The third-order valence-corrected chi connectivity index (χ3v) is 8.00. The van der Waals surface area contributed by atoms with Gasteiger partial charge in [-0.05, 0) is 81.6 Å². The predicted molar refractivity (Wildman–Crippen MR) is 136 cm³/mol. The molecule has 3 aliphatic carbocycles. The van der Waals surface area contributed by atoms with Crippen molar-refractivity contribution in [2.24, 2.45) is 17.6 Å². The summed E-state index contributed by atoms with van der Waals surface area (Å²) in [6.07, 6.45) is 0.258. The highest BCUT2D eigenvalue weighted by atomic mass is 16.3. The van der Waals surface area contributed by atoms with Gasteiger partial charge in [-0.15, -0.1) is 0 Å². The maximum Gasteiger partial charge on any atom is 0.255 e. The van der Waals surface area contributed by atoms with Crippen LogP contribution in [0, 0.1) is 25.7 Å². The van der Waals surface area contributed by atoms with Gasteiger partial charge in [-0.1, -0.05) is 6.07 Å². The lowest BCUT2D eigenvalue weighted by Crippen LogP contribution is -2.63. The van der Waals surface area contributed by atoms with Gasteiger partial charge < -0.3 is 26.2 Å². The van der Waals surface area contributed by atoms with Crippen LogP contribution >= 0.6 is 0 Å². The first-order valence-corrected chi connectivity index (χ1v) is 12.2. The molecule has 0 saturated heterocycles. The standard InChI is InChI=1S/C28H29N3O7/c1-11-7-13(8-12(2)30-11)15-5-6-18(32)20-16(15)9-14-10-17-22(31(3)4)24(34)21(27(29)37)26(36)28(17,38)25(35)19(14)23(20)33/h5-8,14,17,22,32,34-35,38H,9-10H2,1-4H3,(H2,29,37)/t14-,17+,22-,28-/m0/s1. The van der Waals surface area contributed by atoms with Gasteiger partial charge in [0.05, 0.1) is 11.6 Å². The van der Waals surface area contributed by atoms with Gasteiger partial charge in [0, 0.05) is 22.9 Å². The molecule has 4 atom stereocenters. The summed E-state index contributed by atoms with van der Waals surface area (Å²) in [6, 6.07) is 5.85. The number of pyridine rings is 1. The molecular weight excluding hydrogens is 490 g/mol. The Kier molecular flexibility index (Phi) is 5.73. The Morgan fingerprint density at radius 2 is 1.74 bits per heavy atom. The van der Waals surface area contributed by atoms with Crippen molar-refractivity contribution in [3.8, 4) is 16.9 Å². The van der Waals surface area contributed by atoms with E-state index < -0.39 is 58.0 Å². The summed E-state index contributed by atoms with van der Waals surface area (Å²) in [5, 5.41) is 44.7. The fraction of sp³-hybridized carbons (Fsp3) is 0.357. The number of benzene rings is 1. The molecule has 38 heavy (non-hydrogen) atoms. The molecule has 6 N–H and O–H groups in total. The third kappa shape index (κ3) is 3.40. The van der Waals surface area contributed by atoms with Gasteiger partial charge in [0.1, 0.15) is 22.8 Å². The number of aliphatic hydroxyl groups is 3. The average molecular weight is 520 g/mol. The van der Waals surface area contributed by atoms with E-state index >= 15 is 0 Å². The maximum atomic E-state index is 13.8. The van der Waals surface area contributed by atoms with Gasteiger partial charge in [0.15, 0.2) is 11.4 Å². The van der Waals surface area contributed by atoms with Crippen molar-refractivity contribution in [3.63, 3.8) is 0 Å². The van der Waals surface area contributed by atoms with E-state index in [1.807, 2.05) is 26.0 Å². The number of phenolic OH excluding ortho intramolecular Hbond substituents is 1. The Hall–Kier alpha value is -4.02. The molecule has 1 heterocycles. The van der Waals surface area contributed by atoms with Crippen molar-refractivity contribution < 1.29 is 34.8 Å². The number of likely N-dealkylation sites (N-methyl/N-ethyl adjacent to an activating group) is 1. The van der Waals surface area contributed by atoms with E-state index in [2.05, 4.69) is 4.98 Å². The number of carbonyl (C=O) groups excluding carboxylic acids is 3. The van der Waals surface area contributed by atoms with Gasteiger partial charge in [-0.3, -0.25) is 24.3 Å². The van der Waals surface area contributed by atoms with Gasteiger partial charge in [0.2, 0.25) is 5.78 Å². The zero-order chi connectivity index (χ0) is 27.8. The number of aromatic nitrogens is 1. The quantitative estimate of drug-likeness (QED) is 0.379. The molecule has 2 aromatic rings. The number of amides is 1. The van der Waals surface area contributed by atoms with Crippen LogP contribution in [0.15, 0.2) is 46.9 Å². The third-order valence-electron chi connectivity index (χ3n) is 8.00. The number of ketones is 2. The predicted octanol–water partition coefficient (Wildman–Crippen LogP) is 1.80. The Balaban J connectivity index is 1.73. The van der Waals surface area contributed by atoms with E-state index in [4.69, 9.17) is 5.73 Å². The molecule has 0 bridgehead atoms. The van der Waals surface area contributed by atoms with Gasteiger partial charge >= 0.3 is 0 Å². The molecule has 10 nitrogen and oxygen atoms in total. The molecule has 3 aliphatic rings. The minimum Gasteiger partial charge on any atom is -0.510 e. The molecule has 0 aliphatic heterocycles. The zero-order valence-electron chi connectivity index (χ0n) is 21.4. The Bertz CT molecular complexity index is 1490. The highest BCUT2D eigenvalue weighted by Gasteiger charge is 2.63. The van der Waals surface area contributed by atoms with Gasteiger partial charge in [-0.25, -0.2) is 0 Å². The molecule has 10 heteroatoms. The van der Waals surface area contributed by atoms with Crippen LogP contribution in [0.25, 0.3) is 11.1 Å². The van der Waals surface area contributed by atoms with Crippen molar-refractivity contribution in [2.75, 3.05) is 14.1 Å². The lowest BCUT2D eigenvalue weighted by Gasteiger charge is -2.50. The number of nitrogens with two attached hydrogens (primary N) is 1. The number of primary amides is 1. The molecule has 0 saturated carbocycles. The van der Waals surface area contributed by atoms with Crippen molar-refractivity contribution in [1.29, 1.82) is 0 Å². The van der Waals surface area contributed by atoms with Crippen LogP contribution < -0.4 is 5.73 Å². The number of hydrogen-bond acceptors (Lipinski definition) is 9. The Morgan fingerprint density at radius 3 is 2.32 bits per heavy atom. The number of carbonyl (C=O) groups is 3. The number of aliphatic hydroxyl groups excluding tert-OH is 2. The van der Waals surface area contributed by atoms with Gasteiger partial charge in [0.25, 0.3) is 5.91 Å². The molecule has 0 fully saturated rings. The topological polar surface area (TPSA) is 174 Å². The van der Waals surface area contributed by atoms with Gasteiger partial charge in [-0.2, -0.15) is 0 Å². The second-order valence-corrected chi connectivity index (χ2v) is 10.6. The molecule has 5 rings (SSSR count). The number of aryl methyl sites for hydroxylation is 2. The first-order valence-electron chi connectivity index (χ1n) is 12.2. The minimum atomic E-state index is -2.66. The lowest BCUT2D eigenvalue weighted by molar-refractivity contribution is -0.148. The van der Waals surface area contributed by atoms with Crippen LogP contribution in [0.1, 0.15) is 33.7 Å². The molecule has 1 aromatic heterocycles. The summed E-state index contributed by atoms with van der Waals surface area (Å²) in [4.78, 5) is 45.2. The minimum absolute atomic E-state index is 0.0181. The number of fused-ring (bicyclic) bond motifs is 3. The number of hydrogen-bond donors (Lipinski definition) is 5. The Labute approximate surface area is 218 Å². The normalized spacial score (nSPS) is 26.8. The van der Waals surface area contributed by atoms with Crippen LogP contribution in [0.4, 0.5) is 0 Å². The highest BCUT2D eigenvalue weighted by molar-refractivity contribution is 6.24. The van der Waals surface area contributed by atoms with Crippen LogP contribution in [-0.2, 0) is 16.0 Å². The molecule has 1 aromatic carbocycles. The number of aromatic hydroxyl groups is 1. The van der Waals surface area contributed by atoms with Crippen molar-refractivity contribution in [2.45, 2.75) is 38.3 Å². The molecular formula is C28H29N3O7. The summed E-state index contributed by atoms with van der Waals surface area (Å²) < 4.78 is 0. The van der Waals surface area contributed by atoms with Crippen LogP contribution in [-0.4, -0.2) is 73.5 Å². The second kappa shape index (κ2) is 8.50. The lowest BCUT2D eigenvalue weighted by atomic mass is 9.58. The van der Waals surface area contributed by atoms with Crippen LogP contribution in [0.2, 0.25) is 0 Å². The number of rotatable bonds is 3. The fourth-order valence-electron chi connectivity index (χ4n) is 6.51. The van der Waals surface area contributed by atoms with Crippen molar-refractivity contribution in [3.05, 3.63) is 69.4 Å². The largest absolute Gasteiger partial charge is 0.510 e. The van der Waals surface area contributed by atoms with Crippen LogP contribution in [0.3, 0.4) is 0 Å². The number of Topliss-reactive ketones (excluding diaryl/α,β-unsaturated/α-hetero) is 2. The Morgan fingerprint density at radius 1 is 1.11 bits per heavy atom. The molecule has 1 amide bonds. The first-order chi connectivity index (χ1) is 17.8. The van der Waals surface area contributed by atoms with E-state index in [0.717, 1.165) is 22.5 Å². The van der Waals surface area contributed by atoms with E-state index in [0.29, 0.717) is 5.56 Å². The summed E-state index contributed by atoms with van der Waals surface area (Å²) in [6.45, 7) is 3.72. The number of nitrogens with zero attached hydrogens (tertiary/aromatic N) is 2. The number of allylic oxidation sites excluding steroid dienone is 1. The summed E-state index contributed by atoms with van der Waals surface area (Å²) in [5.41, 5.74) is 5.36. The number of phenols is 1. The summed E-state index contributed by atoms with van der Waals surface area (Å²) in [5.74, 6) is -6.69. The highest BCUT2D eigenvalue weighted by Crippen LogP contribution is 2.53. The molecule has 0 unspecified atom stereocenters. The average Bonchev–Trinajstić information content (AvgIpc) is 2.80. The zero-order valence-corrected chi connectivity index (χ0v) is 21.4. The summed E-state index contributed by atoms with van der Waals surface area (Å²) >= 11 is 0. The summed E-state index contributed by atoms with van der Waals surface area (Å²) in [7, 11) is 3.19.